The molecule has 0 rings (SSSR count). The first kappa shape index (κ1) is 44.1. The normalized spacial score (nSPS) is 13.4. The molecule has 0 saturated heterocycles. The predicted molar refractivity (Wildman–Crippen MR) is 130 cm³/mol. The minimum atomic E-state index is -1.14. The first-order chi connectivity index (χ1) is 17.3. The summed E-state index contributed by atoms with van der Waals surface area (Å²) in [7, 11) is 8.29. The van der Waals surface area contributed by atoms with Gasteiger partial charge in [0, 0.05) is 0 Å². The van der Waals surface area contributed by atoms with Gasteiger partial charge in [-0.3, -0.25) is 14.4 Å². The maximum atomic E-state index is 10.6. The molecule has 0 aliphatic rings. The molecule has 0 fully saturated rings. The van der Waals surface area contributed by atoms with Crippen LogP contribution in [-0.4, -0.2) is 176 Å². The molecular formula is C21H42CrN3O15+6. The van der Waals surface area contributed by atoms with Crippen LogP contribution >= 0.6 is 0 Å². The average molecular weight is 629 g/mol. The van der Waals surface area contributed by atoms with Gasteiger partial charge in [-0.25, -0.2) is 13.4 Å². The molecule has 0 aromatic carbocycles. The first-order valence-corrected chi connectivity index (χ1v) is 11.2. The molecule has 3 amide bonds. The molecular weight excluding hydrogens is 586 g/mol. The third kappa shape index (κ3) is 23.0. The standard InChI is InChI=1S/3C7H13NO5.Cr/c3*1-8(2,7(12)13)4-5(9)3-6(10)11;/h3*5,9H,3-4H2,1-2H3,(H-,10,11,12,13);/q;;;+3/p+3. The Labute approximate surface area is 241 Å². The van der Waals surface area contributed by atoms with E-state index in [0.717, 1.165) is 0 Å². The summed E-state index contributed by atoms with van der Waals surface area (Å²) in [6.45, 7) is -0.370. The fourth-order valence-corrected chi connectivity index (χ4v) is 2.61. The molecule has 18 nitrogen and oxygen atoms in total. The van der Waals surface area contributed by atoms with Gasteiger partial charge in [-0.2, -0.15) is 14.4 Å². The van der Waals surface area contributed by atoms with E-state index in [1.807, 2.05) is 0 Å². The van der Waals surface area contributed by atoms with Gasteiger partial charge >= 0.3 is 53.5 Å². The van der Waals surface area contributed by atoms with E-state index in [9.17, 15) is 28.8 Å². The SMILES string of the molecule is C[N+](C)(CC(O)CC(=O)O)C(=O)O.C[N+](C)(CC(O)CC(=O)O)C(=O)O.C[N+](C)(CC(O)CC(=O)O)C(=O)O.[Cr+3]. The predicted octanol–water partition coefficient (Wildman–Crippen LogP) is -1.27. The van der Waals surface area contributed by atoms with Crippen LogP contribution in [0.15, 0.2) is 0 Å². The van der Waals surface area contributed by atoms with Gasteiger partial charge < -0.3 is 46.0 Å². The fourth-order valence-electron chi connectivity index (χ4n) is 2.61. The van der Waals surface area contributed by atoms with Crippen molar-refractivity contribution >= 4 is 36.2 Å². The molecule has 0 saturated carbocycles. The second-order valence-electron chi connectivity index (χ2n) is 10.2. The van der Waals surface area contributed by atoms with Crippen molar-refractivity contribution in [1.29, 1.82) is 0 Å². The van der Waals surface area contributed by atoms with Crippen molar-refractivity contribution in [3.05, 3.63) is 0 Å². The second-order valence-corrected chi connectivity index (χ2v) is 10.2. The summed E-state index contributed by atoms with van der Waals surface area (Å²) in [4.78, 5) is 62.1. The van der Waals surface area contributed by atoms with Crippen LogP contribution in [-0.2, 0) is 31.7 Å². The van der Waals surface area contributed by atoms with Crippen LogP contribution < -0.4 is 0 Å². The van der Waals surface area contributed by atoms with Crippen molar-refractivity contribution in [1.82, 2.24) is 0 Å². The van der Waals surface area contributed by atoms with Crippen molar-refractivity contribution in [3.8, 4) is 0 Å². The zero-order valence-electron chi connectivity index (χ0n) is 23.2. The number of quaternary nitrogens is 3. The summed E-state index contributed by atoms with van der Waals surface area (Å²) >= 11 is 0. The van der Waals surface area contributed by atoms with Crippen LogP contribution in [0.4, 0.5) is 14.4 Å². The van der Waals surface area contributed by atoms with Crippen LogP contribution in [0.2, 0.25) is 0 Å². The maximum Gasteiger partial charge on any atom is 3.00 e. The quantitative estimate of drug-likeness (QED) is 0.114. The summed E-state index contributed by atoms with van der Waals surface area (Å²) in [6, 6.07) is 0. The van der Waals surface area contributed by atoms with Crippen LogP contribution in [0.1, 0.15) is 19.3 Å². The number of aliphatic hydroxyl groups is 3. The van der Waals surface area contributed by atoms with E-state index < -0.39 is 87.2 Å². The van der Waals surface area contributed by atoms with Gasteiger partial charge in [0.05, 0.1) is 61.5 Å². The Morgan fingerprint density at radius 3 is 0.700 bits per heavy atom. The summed E-state index contributed by atoms with van der Waals surface area (Å²) in [6.07, 6.45) is -8.03. The maximum absolute atomic E-state index is 10.6. The third-order valence-electron chi connectivity index (χ3n) is 4.79. The van der Waals surface area contributed by atoms with E-state index in [0.29, 0.717) is 0 Å². The summed E-state index contributed by atoms with van der Waals surface area (Å²) in [5.74, 6) is -3.42. The molecule has 0 spiro atoms. The zero-order chi connectivity index (χ0) is 31.9. The van der Waals surface area contributed by atoms with Crippen LogP contribution in [0.5, 0.6) is 0 Å². The molecule has 231 valence electrons. The first-order valence-electron chi connectivity index (χ1n) is 11.2. The Balaban J connectivity index is -0.000000240. The van der Waals surface area contributed by atoms with Crippen LogP contribution in [0.3, 0.4) is 0 Å². The molecule has 0 aromatic heterocycles. The molecule has 3 atom stereocenters. The molecule has 0 aliphatic heterocycles. The van der Waals surface area contributed by atoms with E-state index in [1.165, 1.54) is 42.3 Å². The minimum Gasteiger partial charge on any atom is -0.481 e. The molecule has 3 unspecified atom stereocenters. The number of aliphatic hydroxyl groups excluding tert-OH is 3. The van der Waals surface area contributed by atoms with Gasteiger partial charge in [0.1, 0.15) is 37.9 Å². The van der Waals surface area contributed by atoms with Crippen LogP contribution in [0, 0.1) is 0 Å². The number of carboxylic acid groups (broad SMARTS) is 6. The largest absolute Gasteiger partial charge is 3.00 e. The fraction of sp³-hybridized carbons (Fsp3) is 0.714. The van der Waals surface area contributed by atoms with Crippen molar-refractivity contribution < 1.29 is 106 Å². The molecule has 0 bridgehead atoms. The summed E-state index contributed by atoms with van der Waals surface area (Å²) < 4.78 is -1.35. The van der Waals surface area contributed by atoms with Gasteiger partial charge in [-0.05, 0) is 0 Å². The monoisotopic (exact) mass is 628 g/mol. The van der Waals surface area contributed by atoms with Gasteiger partial charge in [0.2, 0.25) is 0 Å². The van der Waals surface area contributed by atoms with Crippen molar-refractivity contribution in [3.63, 3.8) is 0 Å². The van der Waals surface area contributed by atoms with E-state index in [-0.39, 0.29) is 37.0 Å². The van der Waals surface area contributed by atoms with Crippen molar-refractivity contribution in [2.24, 2.45) is 0 Å². The smallest absolute Gasteiger partial charge is 0.481 e. The van der Waals surface area contributed by atoms with E-state index >= 15 is 0 Å². The molecule has 0 aliphatic carbocycles. The van der Waals surface area contributed by atoms with E-state index in [1.54, 1.807) is 0 Å². The van der Waals surface area contributed by atoms with Crippen molar-refractivity contribution in [2.45, 2.75) is 37.6 Å². The zero-order valence-corrected chi connectivity index (χ0v) is 24.5. The molecule has 9 N–H and O–H groups in total. The molecule has 1 radical (unpaired) electrons. The number of aliphatic carboxylic acids is 3. The van der Waals surface area contributed by atoms with E-state index in [4.69, 9.17) is 46.0 Å². The number of amides is 3. The number of carbonyl (C=O) groups is 6. The summed E-state index contributed by atoms with van der Waals surface area (Å²) in [5.41, 5.74) is 0. The molecule has 19 heteroatoms. The number of likely N-dealkylation sites (N-methyl/N-ethyl adjacent to an activating group) is 3. The van der Waals surface area contributed by atoms with Gasteiger partial charge in [0.15, 0.2) is 0 Å². The Morgan fingerprint density at radius 1 is 0.450 bits per heavy atom. The number of rotatable bonds is 12. The number of hydrogen-bond acceptors (Lipinski definition) is 9. The Morgan fingerprint density at radius 2 is 0.600 bits per heavy atom. The number of carboxylic acids is 3. The minimum absolute atomic E-state index is 0. The Kier molecular flexibility index (Phi) is 21.2. The molecule has 0 aromatic rings. The molecule has 0 heterocycles. The summed E-state index contributed by atoms with van der Waals surface area (Å²) in [5, 5.41) is 78.3. The van der Waals surface area contributed by atoms with Gasteiger partial charge in [0.25, 0.3) is 0 Å². The number of hydrogen-bond donors (Lipinski definition) is 9. The van der Waals surface area contributed by atoms with Gasteiger partial charge in [-0.15, -0.1) is 0 Å². The topological polar surface area (TPSA) is 284 Å². The Bertz CT molecular complexity index is 755. The third-order valence-corrected chi connectivity index (χ3v) is 4.79. The average Bonchev–Trinajstić information content (AvgIpc) is 2.65. The van der Waals surface area contributed by atoms with Crippen LogP contribution in [0.25, 0.3) is 0 Å². The Hall–Kier alpha value is -2.89. The second kappa shape index (κ2) is 19.2. The van der Waals surface area contributed by atoms with Crippen molar-refractivity contribution in [2.75, 3.05) is 61.9 Å². The van der Waals surface area contributed by atoms with E-state index in [2.05, 4.69) is 0 Å². The number of nitrogens with zero attached hydrogens (tertiary/aromatic N) is 3. The van der Waals surface area contributed by atoms with Gasteiger partial charge in [-0.1, -0.05) is 0 Å². The molecule has 40 heavy (non-hydrogen) atoms.